The molecule has 0 radical (unpaired) electrons. The third kappa shape index (κ3) is 6.42. The number of anilines is 3. The molecule has 2 unspecified atom stereocenters. The maximum absolute atomic E-state index is 4.76. The van der Waals surface area contributed by atoms with Gasteiger partial charge in [0.2, 0.25) is 17.8 Å². The van der Waals surface area contributed by atoms with Crippen LogP contribution < -0.4 is 20.9 Å². The summed E-state index contributed by atoms with van der Waals surface area (Å²) < 4.78 is 0. The van der Waals surface area contributed by atoms with Crippen LogP contribution in [0, 0.1) is 0 Å². The van der Waals surface area contributed by atoms with Gasteiger partial charge in [-0.15, -0.1) is 6.58 Å². The Morgan fingerprint density at radius 1 is 1.06 bits per heavy atom. The third-order valence-corrected chi connectivity index (χ3v) is 5.94. The normalized spacial score (nSPS) is 22.2. The van der Waals surface area contributed by atoms with Gasteiger partial charge in [-0.2, -0.15) is 15.0 Å². The van der Waals surface area contributed by atoms with Gasteiger partial charge in [0.15, 0.2) is 0 Å². The van der Waals surface area contributed by atoms with Crippen molar-refractivity contribution in [3.8, 4) is 0 Å². The first-order valence-corrected chi connectivity index (χ1v) is 11.7. The molecule has 0 aliphatic carbocycles. The molecular formula is C25H39N7. The van der Waals surface area contributed by atoms with Crippen LogP contribution in [0.5, 0.6) is 0 Å². The van der Waals surface area contributed by atoms with Gasteiger partial charge < -0.3 is 20.9 Å². The molecule has 2 heterocycles. The Bertz CT molecular complexity index is 879. The Morgan fingerprint density at radius 2 is 1.75 bits per heavy atom. The number of nitrogens with zero attached hydrogens (tertiary/aromatic N) is 4. The molecule has 1 fully saturated rings. The maximum atomic E-state index is 4.76. The number of benzene rings is 1. The molecular weight excluding hydrogens is 398 g/mol. The van der Waals surface area contributed by atoms with Crippen LogP contribution in [0.4, 0.5) is 17.8 Å². The second kappa shape index (κ2) is 10.3. The van der Waals surface area contributed by atoms with Gasteiger partial charge in [-0.25, -0.2) is 0 Å². The SMILES string of the molecule is C=CCNc1nc(NC2CC(C)(C)NC(C)(Cc3ccccc3)C2)nc(N(CC)CC)n1. The molecule has 0 amide bonds. The maximum Gasteiger partial charge on any atom is 0.231 e. The highest BCUT2D eigenvalue weighted by Crippen LogP contribution is 2.33. The van der Waals surface area contributed by atoms with Gasteiger partial charge >= 0.3 is 0 Å². The van der Waals surface area contributed by atoms with E-state index in [2.05, 4.69) is 102 Å². The molecule has 174 valence electrons. The van der Waals surface area contributed by atoms with Crippen molar-refractivity contribution in [1.29, 1.82) is 0 Å². The summed E-state index contributed by atoms with van der Waals surface area (Å²) >= 11 is 0. The fraction of sp³-hybridized carbons (Fsp3) is 0.560. The number of hydrogen-bond donors (Lipinski definition) is 3. The average molecular weight is 438 g/mol. The van der Waals surface area contributed by atoms with Gasteiger partial charge in [0.1, 0.15) is 0 Å². The van der Waals surface area contributed by atoms with Crippen LogP contribution in [0.3, 0.4) is 0 Å². The summed E-state index contributed by atoms with van der Waals surface area (Å²) in [6.45, 7) is 17.2. The van der Waals surface area contributed by atoms with E-state index in [0.29, 0.717) is 24.4 Å². The van der Waals surface area contributed by atoms with E-state index in [-0.39, 0.29) is 17.1 Å². The topological polar surface area (TPSA) is 78.0 Å². The van der Waals surface area contributed by atoms with Gasteiger partial charge in [0.25, 0.3) is 0 Å². The van der Waals surface area contributed by atoms with Crippen LogP contribution in [0.15, 0.2) is 43.0 Å². The number of piperidine rings is 1. The summed E-state index contributed by atoms with van der Waals surface area (Å²) in [5, 5.41) is 10.8. The number of aromatic nitrogens is 3. The summed E-state index contributed by atoms with van der Waals surface area (Å²) in [4.78, 5) is 16.2. The zero-order valence-electron chi connectivity index (χ0n) is 20.3. The molecule has 0 spiro atoms. The molecule has 2 atom stereocenters. The van der Waals surface area contributed by atoms with Crippen molar-refractivity contribution in [2.24, 2.45) is 0 Å². The highest BCUT2D eigenvalue weighted by atomic mass is 15.3. The van der Waals surface area contributed by atoms with Crippen LogP contribution >= 0.6 is 0 Å². The minimum absolute atomic E-state index is 0.00189. The van der Waals surface area contributed by atoms with Gasteiger partial charge in [-0.3, -0.25) is 0 Å². The Morgan fingerprint density at radius 3 is 2.41 bits per heavy atom. The fourth-order valence-electron chi connectivity index (χ4n) is 4.92. The second-order valence-corrected chi connectivity index (χ2v) is 9.61. The molecule has 1 saturated heterocycles. The lowest BCUT2D eigenvalue weighted by Crippen LogP contribution is -2.62. The molecule has 3 N–H and O–H groups in total. The van der Waals surface area contributed by atoms with Gasteiger partial charge in [0, 0.05) is 36.8 Å². The molecule has 32 heavy (non-hydrogen) atoms. The molecule has 2 aromatic rings. The Balaban J connectivity index is 1.83. The summed E-state index contributed by atoms with van der Waals surface area (Å²) in [6, 6.07) is 11.0. The predicted octanol–water partition coefficient (Wildman–Crippen LogP) is 4.26. The van der Waals surface area contributed by atoms with E-state index in [9.17, 15) is 0 Å². The fourth-order valence-corrected chi connectivity index (χ4v) is 4.92. The van der Waals surface area contributed by atoms with Crippen molar-refractivity contribution in [2.75, 3.05) is 35.2 Å². The second-order valence-electron chi connectivity index (χ2n) is 9.61. The highest BCUT2D eigenvalue weighted by Gasteiger charge is 2.40. The lowest BCUT2D eigenvalue weighted by atomic mass is 9.76. The minimum atomic E-state index is -0.0284. The lowest BCUT2D eigenvalue weighted by Gasteiger charge is -2.48. The number of rotatable bonds is 10. The van der Waals surface area contributed by atoms with Crippen molar-refractivity contribution in [3.63, 3.8) is 0 Å². The van der Waals surface area contributed by atoms with E-state index in [1.165, 1.54) is 5.56 Å². The number of nitrogens with one attached hydrogen (secondary N) is 3. The van der Waals surface area contributed by atoms with E-state index in [0.717, 1.165) is 32.4 Å². The molecule has 3 rings (SSSR count). The van der Waals surface area contributed by atoms with Crippen molar-refractivity contribution in [3.05, 3.63) is 48.6 Å². The quantitative estimate of drug-likeness (QED) is 0.479. The Labute approximate surface area is 193 Å². The first-order valence-electron chi connectivity index (χ1n) is 11.7. The van der Waals surface area contributed by atoms with Gasteiger partial charge in [-0.1, -0.05) is 36.4 Å². The van der Waals surface area contributed by atoms with E-state index in [4.69, 9.17) is 4.98 Å². The Hall–Kier alpha value is -2.67. The van der Waals surface area contributed by atoms with E-state index >= 15 is 0 Å². The monoisotopic (exact) mass is 437 g/mol. The molecule has 7 nitrogen and oxygen atoms in total. The van der Waals surface area contributed by atoms with Crippen LogP contribution in [0.2, 0.25) is 0 Å². The standard InChI is InChI=1S/C25H39N7/c1-7-15-26-21-28-22(30-23(29-21)32(8-2)9-3)27-20-17-24(4,5)31-25(6,18-20)16-19-13-11-10-12-14-19/h7,10-14,20,31H,1,8-9,15-18H2,2-6H3,(H2,26,27,28,29,30). The average Bonchev–Trinajstić information content (AvgIpc) is 2.72. The summed E-state index contributed by atoms with van der Waals surface area (Å²) in [5.41, 5.74) is 1.32. The van der Waals surface area contributed by atoms with Crippen LogP contribution in [0.1, 0.15) is 53.0 Å². The zero-order chi connectivity index (χ0) is 23.2. The van der Waals surface area contributed by atoms with Crippen LogP contribution in [-0.2, 0) is 6.42 Å². The van der Waals surface area contributed by atoms with Crippen molar-refractivity contribution in [1.82, 2.24) is 20.3 Å². The summed E-state index contributed by atoms with van der Waals surface area (Å²) in [5.74, 6) is 1.89. The van der Waals surface area contributed by atoms with E-state index in [1.807, 2.05) is 0 Å². The molecule has 7 heteroatoms. The molecule has 1 aromatic carbocycles. The van der Waals surface area contributed by atoms with E-state index < -0.39 is 0 Å². The molecule has 0 saturated carbocycles. The van der Waals surface area contributed by atoms with Crippen LogP contribution in [-0.4, -0.2) is 51.7 Å². The van der Waals surface area contributed by atoms with Gasteiger partial charge in [0.05, 0.1) is 0 Å². The minimum Gasteiger partial charge on any atom is -0.351 e. The summed E-state index contributed by atoms with van der Waals surface area (Å²) in [6.07, 6.45) is 4.74. The largest absolute Gasteiger partial charge is 0.351 e. The zero-order valence-corrected chi connectivity index (χ0v) is 20.3. The number of hydrogen-bond acceptors (Lipinski definition) is 7. The predicted molar refractivity (Wildman–Crippen MR) is 134 cm³/mol. The molecule has 1 aromatic heterocycles. The lowest BCUT2D eigenvalue weighted by molar-refractivity contribution is 0.155. The van der Waals surface area contributed by atoms with Crippen molar-refractivity contribution < 1.29 is 0 Å². The first-order chi connectivity index (χ1) is 15.3. The smallest absolute Gasteiger partial charge is 0.231 e. The first kappa shape index (κ1) is 24.0. The molecule has 0 bridgehead atoms. The Kier molecular flexibility index (Phi) is 7.72. The van der Waals surface area contributed by atoms with Crippen LogP contribution in [0.25, 0.3) is 0 Å². The van der Waals surface area contributed by atoms with Crippen molar-refractivity contribution >= 4 is 17.8 Å². The van der Waals surface area contributed by atoms with E-state index in [1.54, 1.807) is 6.08 Å². The summed E-state index contributed by atoms with van der Waals surface area (Å²) in [7, 11) is 0. The van der Waals surface area contributed by atoms with Crippen molar-refractivity contribution in [2.45, 2.75) is 71.0 Å². The van der Waals surface area contributed by atoms with Gasteiger partial charge in [-0.05, 0) is 59.4 Å². The molecule has 1 aliphatic rings. The molecule has 1 aliphatic heterocycles. The highest BCUT2D eigenvalue weighted by molar-refractivity contribution is 5.44. The third-order valence-electron chi connectivity index (χ3n) is 5.94.